The summed E-state index contributed by atoms with van der Waals surface area (Å²) in [6.07, 6.45) is 0. The molecule has 2 amide bonds. The molecule has 0 aromatic heterocycles. The Hall–Kier alpha value is -3.40. The van der Waals surface area contributed by atoms with E-state index >= 15 is 0 Å². The second-order valence-corrected chi connectivity index (χ2v) is 6.66. The van der Waals surface area contributed by atoms with E-state index in [1.165, 1.54) is 36.4 Å². The van der Waals surface area contributed by atoms with E-state index in [4.69, 9.17) is 0 Å². The van der Waals surface area contributed by atoms with Crippen molar-refractivity contribution >= 4 is 40.3 Å². The Morgan fingerprint density at radius 1 is 1.19 bits per heavy atom. The zero-order chi connectivity index (χ0) is 19.6. The molecule has 1 fully saturated rings. The summed E-state index contributed by atoms with van der Waals surface area (Å²) in [6, 6.07) is 11.6. The molecule has 0 saturated carbocycles. The highest BCUT2D eigenvalue weighted by atomic mass is 32.2. The maximum Gasteiger partial charge on any atom is 0.337 e. The molecule has 1 aliphatic rings. The number of carbonyl (C=O) groups is 3. The summed E-state index contributed by atoms with van der Waals surface area (Å²) in [4.78, 5) is 47.2. The van der Waals surface area contributed by atoms with Gasteiger partial charge in [0.2, 0.25) is 0 Å². The van der Waals surface area contributed by atoms with E-state index in [9.17, 15) is 29.6 Å². The highest BCUT2D eigenvalue weighted by Crippen LogP contribution is 2.30. The average molecular weight is 387 g/mol. The second kappa shape index (κ2) is 7.46. The van der Waals surface area contributed by atoms with Crippen LogP contribution in [-0.4, -0.2) is 37.4 Å². The van der Waals surface area contributed by atoms with Crippen molar-refractivity contribution in [3.05, 3.63) is 69.8 Å². The Balaban J connectivity index is 1.73. The normalized spacial score (nSPS) is 16.4. The number of nitro groups is 1. The summed E-state index contributed by atoms with van der Waals surface area (Å²) < 4.78 is 0. The lowest BCUT2D eigenvalue weighted by Crippen LogP contribution is -2.34. The number of non-ortho nitro benzene ring substituents is 1. The van der Waals surface area contributed by atoms with Crippen LogP contribution in [0.2, 0.25) is 0 Å². The lowest BCUT2D eigenvalue weighted by molar-refractivity contribution is -0.384. The van der Waals surface area contributed by atoms with Crippen LogP contribution < -0.4 is 5.32 Å². The third kappa shape index (κ3) is 3.90. The first kappa shape index (κ1) is 18.4. The second-order valence-electron chi connectivity index (χ2n) is 5.61. The highest BCUT2D eigenvalue weighted by molar-refractivity contribution is 8.15. The monoisotopic (exact) mass is 387 g/mol. The number of para-hydroxylation sites is 1. The molecule has 1 saturated heterocycles. The van der Waals surface area contributed by atoms with E-state index in [0.717, 1.165) is 16.7 Å². The van der Waals surface area contributed by atoms with Gasteiger partial charge in [0.25, 0.3) is 16.8 Å². The molecule has 3 rings (SSSR count). The minimum atomic E-state index is -1.15. The number of carboxylic acid groups (broad SMARTS) is 1. The number of imide groups is 1. The van der Waals surface area contributed by atoms with Crippen molar-refractivity contribution in [2.45, 2.75) is 11.9 Å². The zero-order valence-corrected chi connectivity index (χ0v) is 14.5. The first-order valence-corrected chi connectivity index (χ1v) is 8.59. The van der Waals surface area contributed by atoms with Gasteiger partial charge in [-0.15, -0.1) is 0 Å². The molecule has 0 spiro atoms. The number of nitro benzene ring substituents is 1. The molecule has 1 unspecified atom stereocenters. The maximum absolute atomic E-state index is 12.5. The molecule has 1 aliphatic heterocycles. The quantitative estimate of drug-likeness (QED) is 0.571. The SMILES string of the molecule is O=C(O)c1ccccc1NC1SC(=O)N(Cc2ccc([N+](=O)[O-])cc2)C1=O. The summed E-state index contributed by atoms with van der Waals surface area (Å²) in [7, 11) is 0. The van der Waals surface area contributed by atoms with Gasteiger partial charge in [0.1, 0.15) is 0 Å². The third-order valence-electron chi connectivity index (χ3n) is 3.86. The fourth-order valence-electron chi connectivity index (χ4n) is 2.52. The number of thioether (sulfide) groups is 1. The molecule has 0 radical (unpaired) electrons. The molecule has 138 valence electrons. The van der Waals surface area contributed by atoms with Gasteiger partial charge in [-0.25, -0.2) is 4.79 Å². The van der Waals surface area contributed by atoms with Crippen LogP contribution >= 0.6 is 11.8 Å². The van der Waals surface area contributed by atoms with E-state index in [1.807, 2.05) is 0 Å². The van der Waals surface area contributed by atoms with Crippen molar-refractivity contribution in [3.63, 3.8) is 0 Å². The van der Waals surface area contributed by atoms with Gasteiger partial charge in [-0.3, -0.25) is 24.6 Å². The number of carbonyl (C=O) groups excluding carboxylic acids is 2. The first-order valence-electron chi connectivity index (χ1n) is 7.71. The number of benzene rings is 2. The van der Waals surface area contributed by atoms with Crippen molar-refractivity contribution in [3.8, 4) is 0 Å². The number of rotatable bonds is 6. The lowest BCUT2D eigenvalue weighted by atomic mass is 10.2. The molecule has 27 heavy (non-hydrogen) atoms. The van der Waals surface area contributed by atoms with Crippen LogP contribution in [-0.2, 0) is 11.3 Å². The van der Waals surface area contributed by atoms with Gasteiger partial charge in [-0.1, -0.05) is 24.3 Å². The van der Waals surface area contributed by atoms with Crippen molar-refractivity contribution in [1.82, 2.24) is 4.90 Å². The topological polar surface area (TPSA) is 130 Å². The summed E-state index contributed by atoms with van der Waals surface area (Å²) >= 11 is 0.749. The molecular formula is C17H13N3O6S. The predicted octanol–water partition coefficient (Wildman–Crippen LogP) is 2.93. The molecule has 2 N–H and O–H groups in total. The number of nitrogens with zero attached hydrogens (tertiary/aromatic N) is 2. The van der Waals surface area contributed by atoms with Crippen LogP contribution in [0.5, 0.6) is 0 Å². The van der Waals surface area contributed by atoms with Gasteiger partial charge >= 0.3 is 5.97 Å². The van der Waals surface area contributed by atoms with Crippen molar-refractivity contribution < 1.29 is 24.4 Å². The Bertz CT molecular complexity index is 931. The molecular weight excluding hydrogens is 374 g/mol. The largest absolute Gasteiger partial charge is 0.478 e. The number of anilines is 1. The van der Waals surface area contributed by atoms with Crippen molar-refractivity contribution in [2.24, 2.45) is 0 Å². The average Bonchev–Trinajstić information content (AvgIpc) is 2.90. The van der Waals surface area contributed by atoms with Gasteiger partial charge in [0, 0.05) is 17.8 Å². The number of carboxylic acids is 1. The van der Waals surface area contributed by atoms with Crippen LogP contribution in [0.15, 0.2) is 48.5 Å². The Morgan fingerprint density at radius 3 is 2.48 bits per heavy atom. The Labute approximate surface area is 157 Å². The van der Waals surface area contributed by atoms with Crippen LogP contribution in [0.4, 0.5) is 16.2 Å². The molecule has 0 bridgehead atoms. The lowest BCUT2D eigenvalue weighted by Gasteiger charge is -2.15. The minimum absolute atomic E-state index is 0.00725. The van der Waals surface area contributed by atoms with Crippen molar-refractivity contribution in [1.29, 1.82) is 0 Å². The standard InChI is InChI=1S/C17H13N3O6S/c21-15-14(18-13-4-2-1-3-12(13)16(22)23)27-17(24)19(15)9-10-5-7-11(8-6-10)20(25)26/h1-8,14,18H,9H2,(H,22,23). The number of amides is 2. The van der Waals surface area contributed by atoms with Crippen LogP contribution in [0, 0.1) is 10.1 Å². The van der Waals surface area contributed by atoms with Gasteiger partial charge in [-0.2, -0.15) is 0 Å². The molecule has 9 nitrogen and oxygen atoms in total. The number of aromatic carboxylic acids is 1. The fourth-order valence-corrected chi connectivity index (χ4v) is 3.42. The Kier molecular flexibility index (Phi) is 5.08. The van der Waals surface area contributed by atoms with Crippen LogP contribution in [0.25, 0.3) is 0 Å². The zero-order valence-electron chi connectivity index (χ0n) is 13.7. The fraction of sp³-hybridized carbons (Fsp3) is 0.118. The summed E-state index contributed by atoms with van der Waals surface area (Å²) in [5, 5.41) is 21.3. The van der Waals surface area contributed by atoms with E-state index in [-0.39, 0.29) is 23.5 Å². The van der Waals surface area contributed by atoms with Gasteiger partial charge in [0.15, 0.2) is 5.37 Å². The Morgan fingerprint density at radius 2 is 1.85 bits per heavy atom. The predicted molar refractivity (Wildman–Crippen MR) is 97.4 cm³/mol. The summed E-state index contributed by atoms with van der Waals surface area (Å²) in [5.74, 6) is -1.66. The first-order chi connectivity index (χ1) is 12.9. The summed E-state index contributed by atoms with van der Waals surface area (Å²) in [6.45, 7) is -0.0264. The van der Waals surface area contributed by atoms with Crippen molar-refractivity contribution in [2.75, 3.05) is 5.32 Å². The van der Waals surface area contributed by atoms with E-state index in [0.29, 0.717) is 5.56 Å². The molecule has 2 aromatic rings. The minimum Gasteiger partial charge on any atom is -0.478 e. The van der Waals surface area contributed by atoms with Gasteiger partial charge in [-0.05, 0) is 29.5 Å². The van der Waals surface area contributed by atoms with E-state index < -0.39 is 27.4 Å². The van der Waals surface area contributed by atoms with Gasteiger partial charge < -0.3 is 10.4 Å². The number of nitrogens with one attached hydrogen (secondary N) is 1. The number of hydrogen-bond acceptors (Lipinski definition) is 7. The highest BCUT2D eigenvalue weighted by Gasteiger charge is 2.40. The van der Waals surface area contributed by atoms with E-state index in [1.54, 1.807) is 12.1 Å². The molecule has 10 heteroatoms. The van der Waals surface area contributed by atoms with Crippen LogP contribution in [0.3, 0.4) is 0 Å². The van der Waals surface area contributed by atoms with Gasteiger partial charge in [0.05, 0.1) is 17.0 Å². The van der Waals surface area contributed by atoms with E-state index in [2.05, 4.69) is 5.32 Å². The third-order valence-corrected chi connectivity index (χ3v) is 4.84. The maximum atomic E-state index is 12.5. The number of hydrogen-bond donors (Lipinski definition) is 2. The molecule has 1 atom stereocenters. The smallest absolute Gasteiger partial charge is 0.337 e. The molecule has 0 aliphatic carbocycles. The summed E-state index contributed by atoms with van der Waals surface area (Å²) in [5.41, 5.74) is 0.708. The molecule has 1 heterocycles. The molecule has 2 aromatic carbocycles. The van der Waals surface area contributed by atoms with Crippen LogP contribution in [0.1, 0.15) is 15.9 Å².